The quantitative estimate of drug-likeness (QED) is 0.529. The van der Waals surface area contributed by atoms with Crippen molar-refractivity contribution in [2.45, 2.75) is 68.7 Å². The zero-order valence-electron chi connectivity index (χ0n) is 23.1. The van der Waals surface area contributed by atoms with Crippen molar-refractivity contribution >= 4 is 27.7 Å². The molecule has 0 bridgehead atoms. The molecule has 1 aromatic heterocycles. The van der Waals surface area contributed by atoms with Gasteiger partial charge in [0, 0.05) is 38.5 Å². The molecule has 3 fully saturated rings. The van der Waals surface area contributed by atoms with Gasteiger partial charge in [0.15, 0.2) is 5.78 Å². The number of amides is 3. The third kappa shape index (κ3) is 5.51. The first-order valence-electron chi connectivity index (χ1n) is 14.3. The number of carbonyl (C=O) groups excluding carboxylic acids is 3. The van der Waals surface area contributed by atoms with Crippen molar-refractivity contribution in [3.8, 4) is 11.4 Å². The van der Waals surface area contributed by atoms with E-state index in [0.717, 1.165) is 24.8 Å². The van der Waals surface area contributed by atoms with Gasteiger partial charge in [0.05, 0.1) is 22.7 Å². The van der Waals surface area contributed by atoms with Gasteiger partial charge in [-0.1, -0.05) is 42.5 Å². The Kier molecular flexibility index (Phi) is 7.16. The highest BCUT2D eigenvalue weighted by Crippen LogP contribution is 2.57. The summed E-state index contributed by atoms with van der Waals surface area (Å²) in [7, 11) is -2.03. The van der Waals surface area contributed by atoms with Crippen molar-refractivity contribution in [2.75, 3.05) is 20.1 Å². The molecule has 3 heterocycles. The molecule has 1 aromatic carbocycles. The summed E-state index contributed by atoms with van der Waals surface area (Å²) in [5.41, 5.74) is -0.325. The first-order chi connectivity index (χ1) is 19.7. The molecule has 3 amide bonds. The summed E-state index contributed by atoms with van der Waals surface area (Å²) < 4.78 is 27.5. The van der Waals surface area contributed by atoms with Crippen molar-refractivity contribution in [3.05, 3.63) is 42.5 Å². The average Bonchev–Trinajstić information content (AvgIpc) is 3.82. The van der Waals surface area contributed by atoms with Crippen LogP contribution in [-0.2, 0) is 19.6 Å². The largest absolute Gasteiger partial charge is 0.328 e. The molecule has 2 aliphatic heterocycles. The lowest BCUT2D eigenvalue weighted by atomic mass is 9.91. The van der Waals surface area contributed by atoms with Crippen LogP contribution in [0.4, 0.5) is 4.79 Å². The second-order valence-electron chi connectivity index (χ2n) is 11.8. The van der Waals surface area contributed by atoms with Crippen LogP contribution in [0.2, 0.25) is 0 Å². The molecule has 0 radical (unpaired) electrons. The van der Waals surface area contributed by atoms with Crippen LogP contribution in [0.3, 0.4) is 0 Å². The van der Waals surface area contributed by atoms with E-state index in [2.05, 4.69) is 20.1 Å². The summed E-state index contributed by atoms with van der Waals surface area (Å²) in [6.07, 6.45) is 8.01. The lowest BCUT2D eigenvalue weighted by Gasteiger charge is -2.29. The minimum atomic E-state index is -3.76. The number of aromatic nitrogens is 4. The van der Waals surface area contributed by atoms with E-state index < -0.39 is 32.6 Å². The van der Waals surface area contributed by atoms with E-state index in [1.165, 1.54) is 4.80 Å². The van der Waals surface area contributed by atoms with Crippen LogP contribution in [0.15, 0.2) is 42.5 Å². The fourth-order valence-corrected chi connectivity index (χ4v) is 7.40. The number of nitrogens with zero attached hydrogens (tertiary/aromatic N) is 6. The Morgan fingerprint density at radius 1 is 1.12 bits per heavy atom. The molecule has 1 N–H and O–H groups in total. The number of rotatable bonds is 5. The van der Waals surface area contributed by atoms with E-state index in [4.69, 9.17) is 0 Å². The van der Waals surface area contributed by atoms with Gasteiger partial charge in [-0.05, 0) is 49.7 Å². The number of urea groups is 1. The minimum absolute atomic E-state index is 0.140. The van der Waals surface area contributed by atoms with Crippen LogP contribution in [0.5, 0.6) is 0 Å². The lowest BCUT2D eigenvalue weighted by molar-refractivity contribution is -0.131. The number of allylic oxidation sites excluding steroid dienone is 2. The Morgan fingerprint density at radius 2 is 1.90 bits per heavy atom. The highest BCUT2D eigenvalue weighted by molar-refractivity contribution is 7.90. The van der Waals surface area contributed by atoms with E-state index in [1.54, 1.807) is 16.8 Å². The maximum atomic E-state index is 13.9. The normalized spacial score (nSPS) is 29.8. The predicted molar refractivity (Wildman–Crippen MR) is 149 cm³/mol. The van der Waals surface area contributed by atoms with Crippen molar-refractivity contribution in [3.63, 3.8) is 0 Å². The molecule has 2 aliphatic carbocycles. The Morgan fingerprint density at radius 3 is 2.66 bits per heavy atom. The molecule has 4 aliphatic rings. The van der Waals surface area contributed by atoms with Gasteiger partial charge >= 0.3 is 6.03 Å². The van der Waals surface area contributed by atoms with Crippen LogP contribution in [0.25, 0.3) is 11.4 Å². The number of ketones is 1. The number of tetrazole rings is 1. The number of sulfonamides is 1. The van der Waals surface area contributed by atoms with Gasteiger partial charge in [-0.2, -0.15) is 4.80 Å². The summed E-state index contributed by atoms with van der Waals surface area (Å²) >= 11 is 0. The van der Waals surface area contributed by atoms with Crippen LogP contribution >= 0.6 is 0 Å². The van der Waals surface area contributed by atoms with E-state index in [1.807, 2.05) is 42.5 Å². The monoisotopic (exact) mass is 581 g/mol. The predicted octanol–water partition coefficient (Wildman–Crippen LogP) is 2.32. The third-order valence-corrected chi connectivity index (χ3v) is 10.6. The number of Topliss-reactive ketones (excluding diaryl/α,β-unsaturated/α-hetero) is 1. The fraction of sp³-hybridized carbons (Fsp3) is 0.571. The van der Waals surface area contributed by atoms with Gasteiger partial charge in [0.1, 0.15) is 0 Å². The number of nitrogens with one attached hydrogen (secondary N) is 1. The first-order valence-corrected chi connectivity index (χ1v) is 15.8. The van der Waals surface area contributed by atoms with Crippen molar-refractivity contribution in [2.24, 2.45) is 11.3 Å². The first kappa shape index (κ1) is 27.6. The zero-order chi connectivity index (χ0) is 28.8. The van der Waals surface area contributed by atoms with Crippen LogP contribution in [0.1, 0.15) is 57.4 Å². The maximum Gasteiger partial charge on any atom is 0.320 e. The molecule has 13 heteroatoms. The molecule has 12 nitrogen and oxygen atoms in total. The number of fused-ring (bicyclic) bond motifs is 2. The van der Waals surface area contributed by atoms with E-state index in [-0.39, 0.29) is 43.2 Å². The van der Waals surface area contributed by atoms with Gasteiger partial charge < -0.3 is 9.80 Å². The van der Waals surface area contributed by atoms with Crippen LogP contribution < -0.4 is 4.72 Å². The number of hydrogen-bond acceptors (Lipinski definition) is 8. The van der Waals surface area contributed by atoms with E-state index in [0.29, 0.717) is 31.6 Å². The van der Waals surface area contributed by atoms with E-state index >= 15 is 0 Å². The Labute approximate surface area is 239 Å². The molecule has 2 saturated carbocycles. The minimum Gasteiger partial charge on any atom is -0.328 e. The molecule has 2 aromatic rings. The molecular weight excluding hydrogens is 546 g/mol. The van der Waals surface area contributed by atoms with Gasteiger partial charge in [0.2, 0.25) is 21.8 Å². The maximum absolute atomic E-state index is 13.9. The smallest absolute Gasteiger partial charge is 0.320 e. The third-order valence-electron chi connectivity index (χ3n) is 8.77. The molecule has 218 valence electrons. The van der Waals surface area contributed by atoms with Gasteiger partial charge in [-0.25, -0.2) is 13.2 Å². The molecule has 0 unspecified atom stereocenters. The van der Waals surface area contributed by atoms with Crippen LogP contribution in [-0.4, -0.2) is 87.6 Å². The highest BCUT2D eigenvalue weighted by atomic mass is 32.2. The summed E-state index contributed by atoms with van der Waals surface area (Å²) in [6, 6.07) is 8.00. The average molecular weight is 582 g/mol. The summed E-state index contributed by atoms with van der Waals surface area (Å²) in [5, 5.41) is 12.4. The zero-order valence-corrected chi connectivity index (χ0v) is 23.9. The van der Waals surface area contributed by atoms with Gasteiger partial charge in [-0.15, -0.1) is 10.2 Å². The number of carbonyl (C=O) groups is 3. The lowest BCUT2D eigenvalue weighted by Crippen LogP contribution is -2.48. The van der Waals surface area contributed by atoms with Crippen molar-refractivity contribution in [1.82, 2.24) is 34.7 Å². The summed E-state index contributed by atoms with van der Waals surface area (Å²) in [6.45, 7) is 0.784. The SMILES string of the molecule is CN1CCCC/C=C\[C@H]2C[C@]2(C(=O)NS(=O)(=O)C2CC2)CC(=O)[C@@H]2C[C@@H](n3nnc(-c4ccccc4)n3)CN2C1=O. The standard InChI is InChI=1S/C28H35N7O5S/c1-33-14-8-3-2-7-11-20-16-28(20,26(37)31-41(39,40)22-12-13-22)17-24(36)23-15-21(18-34(23)27(33)38)35-30-25(29-32-35)19-9-5-4-6-10-19/h4-7,9-11,20-23H,2-3,8,12-18H2,1H3,(H,31,37)/b11-7-/t20-,21+,23-,28-/m0/s1. The fourth-order valence-electron chi connectivity index (χ4n) is 6.02. The molecule has 41 heavy (non-hydrogen) atoms. The van der Waals surface area contributed by atoms with Gasteiger partial charge in [-0.3, -0.25) is 14.3 Å². The van der Waals surface area contributed by atoms with Crippen molar-refractivity contribution < 1.29 is 22.8 Å². The Balaban J connectivity index is 1.27. The summed E-state index contributed by atoms with van der Waals surface area (Å²) in [5.74, 6) is -0.647. The Bertz CT molecular complexity index is 1470. The number of benzene rings is 1. The highest BCUT2D eigenvalue weighted by Gasteiger charge is 2.61. The van der Waals surface area contributed by atoms with E-state index in [9.17, 15) is 22.8 Å². The topological polar surface area (TPSA) is 147 Å². The van der Waals surface area contributed by atoms with Crippen molar-refractivity contribution in [1.29, 1.82) is 0 Å². The molecule has 0 spiro atoms. The van der Waals surface area contributed by atoms with Gasteiger partial charge in [0.25, 0.3) is 0 Å². The number of hydrogen-bond donors (Lipinski definition) is 1. The molecule has 4 atom stereocenters. The van der Waals surface area contributed by atoms with Crippen LogP contribution in [0, 0.1) is 11.3 Å². The second-order valence-corrected chi connectivity index (χ2v) is 13.7. The molecule has 6 rings (SSSR count). The molecular formula is C28H35N7O5S. The second kappa shape index (κ2) is 10.7. The molecule has 1 saturated heterocycles. The Hall–Kier alpha value is -3.61. The summed E-state index contributed by atoms with van der Waals surface area (Å²) in [4.78, 5) is 45.6.